The summed E-state index contributed by atoms with van der Waals surface area (Å²) in [5, 5.41) is 7.54. The van der Waals surface area contributed by atoms with Crippen molar-refractivity contribution in [1.82, 2.24) is 0 Å². The van der Waals surface area contributed by atoms with Crippen molar-refractivity contribution in [1.29, 1.82) is 0 Å². The molecule has 1 aromatic heterocycles. The second kappa shape index (κ2) is 12.2. The number of para-hydroxylation sites is 4. The van der Waals surface area contributed by atoms with Gasteiger partial charge in [0, 0.05) is 39.4 Å². The molecule has 0 saturated carbocycles. The minimum atomic E-state index is -2.19. The SMILES string of the molecule is CC(C)c1cccc(C(C)C)c1NCc1cccc2c1oc1c([Si](C)(C)Nc3c(C(C)C)cccc3C(C)C)cccc12. The average Bonchev–Trinajstić information content (AvgIpc) is 3.34. The van der Waals surface area contributed by atoms with Crippen LogP contribution in [0.2, 0.25) is 13.1 Å². The van der Waals surface area contributed by atoms with Crippen LogP contribution in [0, 0.1) is 0 Å². The van der Waals surface area contributed by atoms with Crippen LogP contribution in [0.3, 0.4) is 0 Å². The molecule has 0 saturated heterocycles. The maximum atomic E-state index is 6.89. The Bertz CT molecular complexity index is 1690. The van der Waals surface area contributed by atoms with Gasteiger partial charge in [0.2, 0.25) is 0 Å². The van der Waals surface area contributed by atoms with Crippen LogP contribution in [-0.4, -0.2) is 8.24 Å². The highest BCUT2D eigenvalue weighted by Gasteiger charge is 2.31. The van der Waals surface area contributed by atoms with Gasteiger partial charge in [-0.3, -0.25) is 0 Å². The number of fused-ring (bicyclic) bond motifs is 3. The molecule has 0 fully saturated rings. The van der Waals surface area contributed by atoms with Gasteiger partial charge in [0.25, 0.3) is 0 Å². The van der Waals surface area contributed by atoms with E-state index in [1.807, 2.05) is 0 Å². The van der Waals surface area contributed by atoms with Gasteiger partial charge in [-0.2, -0.15) is 0 Å². The van der Waals surface area contributed by atoms with Gasteiger partial charge in [0.05, 0.1) is 0 Å². The summed E-state index contributed by atoms with van der Waals surface area (Å²) >= 11 is 0. The fourth-order valence-corrected chi connectivity index (χ4v) is 8.84. The van der Waals surface area contributed by atoms with Gasteiger partial charge < -0.3 is 14.7 Å². The molecule has 5 aromatic rings. The summed E-state index contributed by atoms with van der Waals surface area (Å²) in [6.07, 6.45) is 0. The first kappa shape index (κ1) is 30.9. The van der Waals surface area contributed by atoms with E-state index >= 15 is 0 Å². The van der Waals surface area contributed by atoms with Crippen molar-refractivity contribution in [2.24, 2.45) is 0 Å². The van der Waals surface area contributed by atoms with Crippen LogP contribution < -0.4 is 15.5 Å². The van der Waals surface area contributed by atoms with E-state index in [2.05, 4.69) is 152 Å². The predicted molar refractivity (Wildman–Crippen MR) is 191 cm³/mol. The summed E-state index contributed by atoms with van der Waals surface area (Å²) in [5.74, 6) is 1.78. The molecule has 0 atom stereocenters. The van der Waals surface area contributed by atoms with Crippen LogP contribution in [0.25, 0.3) is 21.9 Å². The van der Waals surface area contributed by atoms with Crippen molar-refractivity contribution in [3.05, 3.63) is 101 Å². The Morgan fingerprint density at radius 1 is 0.558 bits per heavy atom. The van der Waals surface area contributed by atoms with Crippen LogP contribution in [0.15, 0.2) is 77.2 Å². The van der Waals surface area contributed by atoms with Crippen molar-refractivity contribution in [2.45, 2.75) is 98.7 Å². The molecule has 0 radical (unpaired) electrons. The van der Waals surface area contributed by atoms with E-state index in [1.165, 1.54) is 55.2 Å². The number of hydrogen-bond donors (Lipinski definition) is 2. The molecule has 0 unspecified atom stereocenters. The Morgan fingerprint density at radius 3 is 1.51 bits per heavy atom. The lowest BCUT2D eigenvalue weighted by molar-refractivity contribution is 0.666. The van der Waals surface area contributed by atoms with Crippen molar-refractivity contribution in [3.8, 4) is 0 Å². The maximum Gasteiger partial charge on any atom is 0.183 e. The van der Waals surface area contributed by atoms with E-state index in [0.29, 0.717) is 30.2 Å². The Kier molecular flexibility index (Phi) is 8.81. The maximum absolute atomic E-state index is 6.89. The van der Waals surface area contributed by atoms with E-state index in [1.54, 1.807) is 0 Å². The molecule has 43 heavy (non-hydrogen) atoms. The summed E-state index contributed by atoms with van der Waals surface area (Å²) in [6, 6.07) is 26.8. The molecule has 3 nitrogen and oxygen atoms in total. The van der Waals surface area contributed by atoms with E-state index in [-0.39, 0.29) is 0 Å². The fraction of sp³-hybridized carbons (Fsp3) is 0.385. The van der Waals surface area contributed by atoms with Gasteiger partial charge in [-0.1, -0.05) is 128 Å². The van der Waals surface area contributed by atoms with Crippen molar-refractivity contribution < 1.29 is 4.42 Å². The van der Waals surface area contributed by atoms with Crippen molar-refractivity contribution in [2.75, 3.05) is 10.3 Å². The molecular formula is C39H50N2OSi. The van der Waals surface area contributed by atoms with Crippen LogP contribution in [-0.2, 0) is 6.54 Å². The quantitative estimate of drug-likeness (QED) is 0.159. The normalized spacial score (nSPS) is 12.4. The summed E-state index contributed by atoms with van der Waals surface area (Å²) in [6.45, 7) is 23.8. The standard InChI is InChI=1S/C39H50N2OSi/c1-24(2)29-16-12-17-30(25(3)4)36(29)40-23-28-15-11-20-33-34-21-14-22-35(39(34)42-38(28)33)43(9,10)41-37-31(26(5)6)18-13-19-32(37)27(7)8/h11-22,24-27,40-41H,23H2,1-10H3. The van der Waals surface area contributed by atoms with Crippen LogP contribution in [0.4, 0.5) is 11.4 Å². The first-order chi connectivity index (χ1) is 20.4. The van der Waals surface area contributed by atoms with Gasteiger partial charge in [0.1, 0.15) is 11.2 Å². The Labute approximate surface area is 260 Å². The first-order valence-corrected chi connectivity index (χ1v) is 19.1. The summed E-state index contributed by atoms with van der Waals surface area (Å²) in [7, 11) is -2.19. The average molecular weight is 591 g/mol. The molecule has 0 amide bonds. The van der Waals surface area contributed by atoms with E-state index in [0.717, 1.165) is 11.2 Å². The number of rotatable bonds is 10. The third-order valence-electron chi connectivity index (χ3n) is 8.92. The highest BCUT2D eigenvalue weighted by Crippen LogP contribution is 2.37. The van der Waals surface area contributed by atoms with Gasteiger partial charge in [-0.15, -0.1) is 0 Å². The predicted octanol–water partition coefficient (Wildman–Crippen LogP) is 11.2. The van der Waals surface area contributed by atoms with Gasteiger partial charge in [0.15, 0.2) is 8.24 Å². The molecule has 5 rings (SSSR count). The van der Waals surface area contributed by atoms with E-state index in [9.17, 15) is 0 Å². The topological polar surface area (TPSA) is 37.2 Å². The Morgan fingerprint density at radius 2 is 1.00 bits per heavy atom. The lowest BCUT2D eigenvalue weighted by Crippen LogP contribution is -2.50. The smallest absolute Gasteiger partial charge is 0.183 e. The van der Waals surface area contributed by atoms with Crippen LogP contribution in [0.5, 0.6) is 0 Å². The second-order valence-corrected chi connectivity index (χ2v) is 18.0. The van der Waals surface area contributed by atoms with Gasteiger partial charge in [-0.05, 0) is 59.0 Å². The van der Waals surface area contributed by atoms with Gasteiger partial charge >= 0.3 is 0 Å². The lowest BCUT2D eigenvalue weighted by atomic mass is 9.92. The zero-order chi connectivity index (χ0) is 31.1. The zero-order valence-electron chi connectivity index (χ0n) is 27.9. The third kappa shape index (κ3) is 5.99. The Hall–Kier alpha value is -3.50. The summed E-state index contributed by atoms with van der Waals surface area (Å²) in [5.41, 5.74) is 11.3. The molecule has 226 valence electrons. The number of anilines is 2. The van der Waals surface area contributed by atoms with Gasteiger partial charge in [-0.25, -0.2) is 0 Å². The number of benzene rings is 4. The molecular weight excluding hydrogens is 541 g/mol. The zero-order valence-corrected chi connectivity index (χ0v) is 28.9. The molecule has 0 bridgehead atoms. The Balaban J connectivity index is 1.57. The van der Waals surface area contributed by atoms with Crippen molar-refractivity contribution >= 4 is 46.7 Å². The highest BCUT2D eigenvalue weighted by molar-refractivity contribution is 6.93. The van der Waals surface area contributed by atoms with Crippen LogP contribution >= 0.6 is 0 Å². The van der Waals surface area contributed by atoms with Crippen LogP contribution in [0.1, 0.15) is 107 Å². The lowest BCUT2D eigenvalue weighted by Gasteiger charge is -2.30. The minimum absolute atomic E-state index is 0.445. The molecule has 0 aliphatic rings. The molecule has 2 N–H and O–H groups in total. The van der Waals surface area contributed by atoms with E-state index in [4.69, 9.17) is 4.42 Å². The number of nitrogens with one attached hydrogen (secondary N) is 2. The molecule has 0 aliphatic carbocycles. The van der Waals surface area contributed by atoms with Crippen molar-refractivity contribution in [3.63, 3.8) is 0 Å². The fourth-order valence-electron chi connectivity index (χ4n) is 6.52. The largest absolute Gasteiger partial charge is 0.456 e. The molecule has 0 spiro atoms. The summed E-state index contributed by atoms with van der Waals surface area (Å²) < 4.78 is 6.89. The number of hydrogen-bond acceptors (Lipinski definition) is 3. The molecule has 4 heteroatoms. The second-order valence-electron chi connectivity index (χ2n) is 13.9. The summed E-state index contributed by atoms with van der Waals surface area (Å²) in [4.78, 5) is 4.13. The first-order valence-electron chi connectivity index (χ1n) is 16.1. The van der Waals surface area contributed by atoms with E-state index < -0.39 is 8.24 Å². The third-order valence-corrected chi connectivity index (χ3v) is 11.5. The molecule has 0 aliphatic heterocycles. The molecule has 1 heterocycles. The molecule has 4 aromatic carbocycles. The minimum Gasteiger partial charge on any atom is -0.456 e. The monoisotopic (exact) mass is 590 g/mol. The highest BCUT2D eigenvalue weighted by atomic mass is 28.3. The number of furan rings is 1.